The predicted octanol–water partition coefficient (Wildman–Crippen LogP) is 0.906. The first-order chi connectivity index (χ1) is 5.09. The van der Waals surface area contributed by atoms with Crippen LogP contribution in [0.1, 0.15) is 20.8 Å². The third kappa shape index (κ3) is 12.2. The third-order valence-electron chi connectivity index (χ3n) is 0.758. The maximum Gasteiger partial charge on any atom is 0.308 e. The van der Waals surface area contributed by atoms with Gasteiger partial charge in [0.25, 0.3) is 6.47 Å². The highest BCUT2D eigenvalue weighted by molar-refractivity contribution is 5.71. The van der Waals surface area contributed by atoms with Gasteiger partial charge in [-0.1, -0.05) is 13.8 Å². The van der Waals surface area contributed by atoms with Gasteiger partial charge in [-0.3, -0.25) is 9.59 Å². The Labute approximate surface area is 66.2 Å². The predicted molar refractivity (Wildman–Crippen MR) is 40.2 cm³/mol. The monoisotopic (exact) mass is 162 g/mol. The molecule has 0 saturated heterocycles. The summed E-state index contributed by atoms with van der Waals surface area (Å²) in [6.07, 6.45) is 0. The largest absolute Gasteiger partial charge is 0.483 e. The van der Waals surface area contributed by atoms with E-state index in [0.717, 1.165) is 0 Å². The van der Waals surface area contributed by atoms with Gasteiger partial charge in [0.15, 0.2) is 0 Å². The summed E-state index contributed by atoms with van der Waals surface area (Å²) in [6.45, 7) is 5.67. The van der Waals surface area contributed by atoms with Crippen LogP contribution in [-0.2, 0) is 14.3 Å². The highest BCUT2D eigenvalue weighted by Gasteiger charge is 2.04. The minimum Gasteiger partial charge on any atom is -0.483 e. The molecule has 0 radical (unpaired) electrons. The summed E-state index contributed by atoms with van der Waals surface area (Å²) in [6, 6.07) is 0. The molecule has 1 N–H and O–H groups in total. The van der Waals surface area contributed by atoms with Crippen LogP contribution in [0, 0.1) is 5.92 Å². The summed E-state index contributed by atoms with van der Waals surface area (Å²) in [4.78, 5) is 18.9. The Hall–Kier alpha value is -1.06. The highest BCUT2D eigenvalue weighted by atomic mass is 16.5. The normalized spacial score (nSPS) is 8.00. The van der Waals surface area contributed by atoms with E-state index in [2.05, 4.69) is 4.74 Å². The van der Waals surface area contributed by atoms with Gasteiger partial charge < -0.3 is 9.84 Å². The molecule has 4 heteroatoms. The molecule has 0 unspecified atom stereocenters. The van der Waals surface area contributed by atoms with Crippen molar-refractivity contribution in [2.24, 2.45) is 5.92 Å². The molecule has 66 valence electrons. The van der Waals surface area contributed by atoms with Crippen LogP contribution in [0.2, 0.25) is 0 Å². The molecule has 0 heterocycles. The Morgan fingerprint density at radius 3 is 2.09 bits per heavy atom. The van der Waals surface area contributed by atoms with Crippen molar-refractivity contribution in [3.63, 3.8) is 0 Å². The van der Waals surface area contributed by atoms with Gasteiger partial charge in [-0.05, 0) is 6.92 Å². The zero-order valence-electron chi connectivity index (χ0n) is 7.03. The van der Waals surface area contributed by atoms with Crippen molar-refractivity contribution < 1.29 is 19.4 Å². The number of carbonyl (C=O) groups excluding carboxylic acids is 1. The van der Waals surface area contributed by atoms with Gasteiger partial charge in [0.1, 0.15) is 0 Å². The van der Waals surface area contributed by atoms with Crippen molar-refractivity contribution in [3.8, 4) is 0 Å². The molecule has 0 aromatic heterocycles. The van der Waals surface area contributed by atoms with Gasteiger partial charge in [0.05, 0.1) is 12.5 Å². The van der Waals surface area contributed by atoms with Crippen LogP contribution in [0.5, 0.6) is 0 Å². The summed E-state index contributed by atoms with van der Waals surface area (Å²) >= 11 is 0. The van der Waals surface area contributed by atoms with Gasteiger partial charge >= 0.3 is 5.97 Å². The fraction of sp³-hybridized carbons (Fsp3) is 0.714. The number of carboxylic acid groups (broad SMARTS) is 1. The lowest BCUT2D eigenvalue weighted by Gasteiger charge is -2.01. The van der Waals surface area contributed by atoms with Crippen LogP contribution in [0.25, 0.3) is 0 Å². The average Bonchev–Trinajstić information content (AvgIpc) is 1.90. The molecule has 0 saturated carbocycles. The smallest absolute Gasteiger partial charge is 0.308 e. The quantitative estimate of drug-likeness (QED) is 0.484. The zero-order valence-corrected chi connectivity index (χ0v) is 7.03. The number of rotatable bonds is 2. The van der Waals surface area contributed by atoms with Crippen LogP contribution in [0.4, 0.5) is 0 Å². The Morgan fingerprint density at radius 1 is 1.64 bits per heavy atom. The van der Waals surface area contributed by atoms with E-state index in [0.29, 0.717) is 6.61 Å². The first-order valence-electron chi connectivity index (χ1n) is 3.34. The molecule has 0 rings (SSSR count). The lowest BCUT2D eigenvalue weighted by molar-refractivity contribution is -0.146. The first-order valence-corrected chi connectivity index (χ1v) is 3.34. The molecule has 0 atom stereocenters. The van der Waals surface area contributed by atoms with Gasteiger partial charge in [0, 0.05) is 0 Å². The van der Waals surface area contributed by atoms with Gasteiger partial charge in [-0.2, -0.15) is 0 Å². The first kappa shape index (κ1) is 12.6. The van der Waals surface area contributed by atoms with E-state index in [1.807, 2.05) is 13.8 Å². The van der Waals surface area contributed by atoms with Crippen molar-refractivity contribution >= 4 is 12.4 Å². The number of carbonyl (C=O) groups is 2. The molecule has 0 aliphatic rings. The fourth-order valence-corrected chi connectivity index (χ4v) is 0.309. The molecule has 0 aromatic carbocycles. The second-order valence-corrected chi connectivity index (χ2v) is 2.01. The lowest BCUT2D eigenvalue weighted by Crippen LogP contribution is -2.10. The molecule has 0 aliphatic carbocycles. The minimum atomic E-state index is -0.250. The van der Waals surface area contributed by atoms with Crippen molar-refractivity contribution in [3.05, 3.63) is 0 Å². The Balaban J connectivity index is 0. The molecule has 0 amide bonds. The molecule has 0 aromatic rings. The van der Waals surface area contributed by atoms with E-state index < -0.39 is 0 Å². The van der Waals surface area contributed by atoms with Crippen molar-refractivity contribution in [1.82, 2.24) is 0 Å². The lowest BCUT2D eigenvalue weighted by atomic mass is 10.2. The SMILES string of the molecule is CCOC(=O)C(C)C.O=CO. The topological polar surface area (TPSA) is 63.6 Å². The van der Waals surface area contributed by atoms with E-state index in [1.165, 1.54) is 0 Å². The van der Waals surface area contributed by atoms with Crippen molar-refractivity contribution in [2.75, 3.05) is 6.61 Å². The van der Waals surface area contributed by atoms with E-state index in [9.17, 15) is 4.79 Å². The summed E-state index contributed by atoms with van der Waals surface area (Å²) in [7, 11) is 0. The molecule has 4 nitrogen and oxygen atoms in total. The van der Waals surface area contributed by atoms with Crippen LogP contribution in [-0.4, -0.2) is 24.2 Å². The van der Waals surface area contributed by atoms with Crippen LogP contribution >= 0.6 is 0 Å². The maximum atomic E-state index is 10.5. The highest BCUT2D eigenvalue weighted by Crippen LogP contribution is 1.93. The third-order valence-corrected chi connectivity index (χ3v) is 0.758. The van der Waals surface area contributed by atoms with E-state index in [4.69, 9.17) is 9.90 Å². The molecule has 11 heavy (non-hydrogen) atoms. The van der Waals surface area contributed by atoms with Crippen molar-refractivity contribution in [1.29, 1.82) is 0 Å². The van der Waals surface area contributed by atoms with Crippen molar-refractivity contribution in [2.45, 2.75) is 20.8 Å². The second kappa shape index (κ2) is 8.94. The molecule has 0 bridgehead atoms. The number of ether oxygens (including phenoxy) is 1. The number of esters is 1. The van der Waals surface area contributed by atoms with Crippen LogP contribution in [0.3, 0.4) is 0 Å². The fourth-order valence-electron chi connectivity index (χ4n) is 0.309. The molecule has 0 aliphatic heterocycles. The standard InChI is InChI=1S/C6H12O2.CH2O2/c1-4-8-6(7)5(2)3;2-1-3/h5H,4H2,1-3H3;1H,(H,2,3). The molecular weight excluding hydrogens is 148 g/mol. The van der Waals surface area contributed by atoms with Crippen LogP contribution < -0.4 is 0 Å². The van der Waals surface area contributed by atoms with E-state index in [1.54, 1.807) is 6.92 Å². The summed E-state index contributed by atoms with van der Waals surface area (Å²) < 4.78 is 4.66. The van der Waals surface area contributed by atoms with Gasteiger partial charge in [-0.25, -0.2) is 0 Å². The minimum absolute atomic E-state index is 0.00921. The van der Waals surface area contributed by atoms with Gasteiger partial charge in [0.2, 0.25) is 0 Å². The van der Waals surface area contributed by atoms with Gasteiger partial charge in [-0.15, -0.1) is 0 Å². The maximum absolute atomic E-state index is 10.5. The summed E-state index contributed by atoms with van der Waals surface area (Å²) in [5, 5.41) is 6.89. The Bertz CT molecular complexity index is 109. The Kier molecular flexibility index (Phi) is 10.2. The number of hydrogen-bond acceptors (Lipinski definition) is 3. The zero-order chi connectivity index (χ0) is 9.28. The Morgan fingerprint density at radius 2 is 2.00 bits per heavy atom. The summed E-state index contributed by atoms with van der Waals surface area (Å²) in [5.74, 6) is -0.109. The van der Waals surface area contributed by atoms with Crippen LogP contribution in [0.15, 0.2) is 0 Å². The molecular formula is C7H14O4. The van der Waals surface area contributed by atoms with E-state index in [-0.39, 0.29) is 18.4 Å². The number of hydrogen-bond donors (Lipinski definition) is 1. The average molecular weight is 162 g/mol. The van der Waals surface area contributed by atoms with E-state index >= 15 is 0 Å². The molecule has 0 spiro atoms. The second-order valence-electron chi connectivity index (χ2n) is 2.01. The summed E-state index contributed by atoms with van der Waals surface area (Å²) in [5.41, 5.74) is 0. The molecule has 0 fully saturated rings.